The maximum atomic E-state index is 12.1. The first-order valence-electron chi connectivity index (χ1n) is 12.8. The Morgan fingerprint density at radius 2 is 1.82 bits per heavy atom. The summed E-state index contributed by atoms with van der Waals surface area (Å²) in [6.45, 7) is 3.68. The van der Waals surface area contributed by atoms with E-state index >= 15 is 0 Å². The van der Waals surface area contributed by atoms with E-state index in [-0.39, 0.29) is 17.6 Å². The van der Waals surface area contributed by atoms with Gasteiger partial charge in [-0.25, -0.2) is 4.98 Å². The smallest absolute Gasteiger partial charge is 0.222 e. The van der Waals surface area contributed by atoms with Gasteiger partial charge in [-0.1, -0.05) is 23.2 Å². The molecule has 10 heteroatoms. The van der Waals surface area contributed by atoms with Crippen molar-refractivity contribution in [2.24, 2.45) is 0 Å². The molecule has 0 radical (unpaired) electrons. The third-order valence-electron chi connectivity index (χ3n) is 8.07. The van der Waals surface area contributed by atoms with E-state index in [1.807, 2.05) is 49.3 Å². The summed E-state index contributed by atoms with van der Waals surface area (Å²) in [5.74, 6) is 1.89. The Kier molecular flexibility index (Phi) is 6.40. The van der Waals surface area contributed by atoms with Crippen molar-refractivity contribution in [3.8, 4) is 17.0 Å². The topological polar surface area (TPSA) is 87.2 Å². The highest BCUT2D eigenvalue weighted by Gasteiger charge is 2.45. The first-order valence-corrected chi connectivity index (χ1v) is 13.5. The molecule has 1 aromatic carbocycles. The zero-order chi connectivity index (χ0) is 26.4. The van der Waals surface area contributed by atoms with Crippen LogP contribution in [0.25, 0.3) is 22.2 Å². The molecule has 0 bridgehead atoms. The van der Waals surface area contributed by atoms with Crippen LogP contribution in [-0.2, 0) is 4.79 Å². The molecule has 3 aromatic heterocycles. The van der Waals surface area contributed by atoms with Gasteiger partial charge >= 0.3 is 0 Å². The summed E-state index contributed by atoms with van der Waals surface area (Å²) in [6, 6.07) is 9.90. The molecule has 0 saturated carbocycles. The summed E-state index contributed by atoms with van der Waals surface area (Å²) >= 11 is 12.6. The lowest BCUT2D eigenvalue weighted by Crippen LogP contribution is -2.51. The van der Waals surface area contributed by atoms with Crippen molar-refractivity contribution in [2.75, 3.05) is 25.0 Å². The van der Waals surface area contributed by atoms with Gasteiger partial charge in [0.15, 0.2) is 0 Å². The van der Waals surface area contributed by atoms with Crippen molar-refractivity contribution in [3.05, 3.63) is 64.5 Å². The third kappa shape index (κ3) is 4.35. The minimum absolute atomic E-state index is 0.0207. The van der Waals surface area contributed by atoms with Crippen LogP contribution in [0.3, 0.4) is 0 Å². The number of rotatable bonds is 5. The van der Waals surface area contributed by atoms with Gasteiger partial charge in [-0.15, -0.1) is 0 Å². The Balaban J connectivity index is 1.19. The van der Waals surface area contributed by atoms with E-state index in [4.69, 9.17) is 32.9 Å². The molecule has 4 aromatic rings. The summed E-state index contributed by atoms with van der Waals surface area (Å²) in [5, 5.41) is 9.53. The summed E-state index contributed by atoms with van der Waals surface area (Å²) in [7, 11) is 1.95. The van der Waals surface area contributed by atoms with E-state index < -0.39 is 0 Å². The number of aromatic nitrogens is 4. The first kappa shape index (κ1) is 24.9. The monoisotopic (exact) mass is 550 g/mol. The predicted molar refractivity (Wildman–Crippen MR) is 149 cm³/mol. The van der Waals surface area contributed by atoms with Crippen LogP contribution in [0.4, 0.5) is 5.82 Å². The van der Waals surface area contributed by atoms with Crippen LogP contribution in [0.5, 0.6) is 5.75 Å². The van der Waals surface area contributed by atoms with Gasteiger partial charge in [0, 0.05) is 67.2 Å². The lowest BCUT2D eigenvalue weighted by atomic mass is 9.85. The molecule has 2 saturated heterocycles. The zero-order valence-corrected chi connectivity index (χ0v) is 22.8. The fourth-order valence-corrected chi connectivity index (χ4v) is 6.42. The van der Waals surface area contributed by atoms with Crippen molar-refractivity contribution in [1.82, 2.24) is 25.1 Å². The maximum Gasteiger partial charge on any atom is 0.222 e. The molecule has 1 atom stereocenters. The Hall–Kier alpha value is -3.36. The van der Waals surface area contributed by atoms with E-state index in [9.17, 15) is 4.79 Å². The number of nitrogens with one attached hydrogen (secondary N) is 1. The molecule has 6 rings (SSSR count). The number of hydrogen-bond acceptors (Lipinski definition) is 6. The number of hydrogen-bond donors (Lipinski definition) is 1. The van der Waals surface area contributed by atoms with Gasteiger partial charge in [-0.3, -0.25) is 14.9 Å². The standard InChI is InChI=1S/C28H28Cl2N6O2/c1-17(26-21(29)15-31-16-22(26)30)38-19-4-5-23-20(13-19)27(34-33-23)18-3-6-24(32-14-18)36-11-9-28(10-12-36)8-7-25(37)35(28)2/h3-6,13-17H,7-12H2,1-2H3,(H,33,34)/t17-/m1/s1. The fourth-order valence-electron chi connectivity index (χ4n) is 5.75. The lowest BCUT2D eigenvalue weighted by Gasteiger charge is -2.43. The zero-order valence-electron chi connectivity index (χ0n) is 21.2. The number of pyridine rings is 2. The molecule has 8 nitrogen and oxygen atoms in total. The predicted octanol–water partition coefficient (Wildman–Crippen LogP) is 6.06. The number of ether oxygens (including phenoxy) is 1. The second-order valence-electron chi connectivity index (χ2n) is 10.1. The Bertz CT molecular complexity index is 1480. The highest BCUT2D eigenvalue weighted by Crippen LogP contribution is 2.39. The van der Waals surface area contributed by atoms with Gasteiger partial charge in [-0.05, 0) is 56.5 Å². The minimum Gasteiger partial charge on any atom is -0.486 e. The third-order valence-corrected chi connectivity index (χ3v) is 8.68. The highest BCUT2D eigenvalue weighted by molar-refractivity contribution is 6.35. The van der Waals surface area contributed by atoms with Crippen LogP contribution in [0, 0.1) is 0 Å². The molecule has 2 aliphatic heterocycles. The average molecular weight is 551 g/mol. The quantitative estimate of drug-likeness (QED) is 0.325. The molecular formula is C28H28Cl2N6O2. The number of aromatic amines is 1. The molecule has 38 heavy (non-hydrogen) atoms. The largest absolute Gasteiger partial charge is 0.486 e. The Morgan fingerprint density at radius 1 is 1.05 bits per heavy atom. The number of carbonyl (C=O) groups is 1. The Labute approximate surface area is 230 Å². The lowest BCUT2D eigenvalue weighted by molar-refractivity contribution is -0.130. The minimum atomic E-state index is -0.363. The van der Waals surface area contributed by atoms with Gasteiger partial charge in [0.1, 0.15) is 23.4 Å². The molecule has 5 heterocycles. The number of piperidine rings is 1. The number of anilines is 1. The van der Waals surface area contributed by atoms with Crippen molar-refractivity contribution >= 4 is 45.8 Å². The molecule has 1 spiro atoms. The van der Waals surface area contributed by atoms with Crippen LogP contribution in [0.15, 0.2) is 48.9 Å². The number of H-pyrrole nitrogens is 1. The molecule has 2 aliphatic rings. The number of fused-ring (bicyclic) bond motifs is 1. The van der Waals surface area contributed by atoms with Crippen molar-refractivity contribution in [1.29, 1.82) is 0 Å². The molecule has 0 aliphatic carbocycles. The number of halogens is 2. The fraction of sp³-hybridized carbons (Fsp3) is 0.357. The van der Waals surface area contributed by atoms with Crippen LogP contribution in [0.1, 0.15) is 44.3 Å². The normalized spacial score (nSPS) is 17.9. The number of carbonyl (C=O) groups excluding carboxylic acids is 1. The van der Waals surface area contributed by atoms with Crippen LogP contribution in [-0.4, -0.2) is 56.6 Å². The molecule has 1 amide bonds. The van der Waals surface area contributed by atoms with Crippen LogP contribution < -0.4 is 9.64 Å². The molecule has 196 valence electrons. The van der Waals surface area contributed by atoms with Crippen LogP contribution in [0.2, 0.25) is 10.0 Å². The molecular weight excluding hydrogens is 523 g/mol. The number of benzene rings is 1. The average Bonchev–Trinajstić information content (AvgIpc) is 3.46. The summed E-state index contributed by atoms with van der Waals surface area (Å²) in [6.07, 6.45) is 8.20. The van der Waals surface area contributed by atoms with Gasteiger partial charge < -0.3 is 14.5 Å². The van der Waals surface area contributed by atoms with Crippen molar-refractivity contribution in [3.63, 3.8) is 0 Å². The number of likely N-dealkylation sites (tertiary alicyclic amines) is 1. The van der Waals surface area contributed by atoms with E-state index in [0.29, 0.717) is 27.8 Å². The molecule has 0 unspecified atom stereocenters. The second-order valence-corrected chi connectivity index (χ2v) is 10.9. The van der Waals surface area contributed by atoms with Gasteiger partial charge in [-0.2, -0.15) is 5.10 Å². The maximum absolute atomic E-state index is 12.1. The van der Waals surface area contributed by atoms with E-state index in [2.05, 4.69) is 26.1 Å². The molecule has 2 fully saturated rings. The number of amides is 1. The highest BCUT2D eigenvalue weighted by atomic mass is 35.5. The Morgan fingerprint density at radius 3 is 2.47 bits per heavy atom. The van der Waals surface area contributed by atoms with E-state index in [0.717, 1.165) is 60.3 Å². The SMILES string of the molecule is C[C@@H](Oc1ccc2[nH]nc(-c3ccc(N4CCC5(CCC(=O)N5C)CC4)nc3)c2c1)c1c(Cl)cncc1Cl. The first-order chi connectivity index (χ1) is 18.3. The summed E-state index contributed by atoms with van der Waals surface area (Å²) < 4.78 is 6.20. The van der Waals surface area contributed by atoms with Crippen LogP contribution >= 0.6 is 23.2 Å². The second kappa shape index (κ2) is 9.75. The van der Waals surface area contributed by atoms with Gasteiger partial charge in [0.05, 0.1) is 15.6 Å². The van der Waals surface area contributed by atoms with Crippen molar-refractivity contribution in [2.45, 2.75) is 44.2 Å². The van der Waals surface area contributed by atoms with Gasteiger partial charge in [0.2, 0.25) is 5.91 Å². The van der Waals surface area contributed by atoms with E-state index in [1.165, 1.54) is 0 Å². The summed E-state index contributed by atoms with van der Waals surface area (Å²) in [5.41, 5.74) is 3.35. The summed E-state index contributed by atoms with van der Waals surface area (Å²) in [4.78, 5) is 25.1. The molecule has 1 N–H and O–H groups in total. The van der Waals surface area contributed by atoms with E-state index in [1.54, 1.807) is 12.4 Å². The van der Waals surface area contributed by atoms with Gasteiger partial charge in [0.25, 0.3) is 0 Å². The number of nitrogens with zero attached hydrogens (tertiary/aromatic N) is 5. The van der Waals surface area contributed by atoms with Crippen molar-refractivity contribution < 1.29 is 9.53 Å².